The van der Waals surface area contributed by atoms with Crippen molar-refractivity contribution in [3.8, 4) is 5.75 Å². The molecule has 0 unspecified atom stereocenters. The van der Waals surface area contributed by atoms with Crippen LogP contribution in [0.1, 0.15) is 5.56 Å². The molecule has 0 aromatic heterocycles. The molecule has 0 bridgehead atoms. The number of aliphatic hydroxyl groups excluding tert-OH is 1. The molecule has 1 N–H and O–H groups in total. The van der Waals surface area contributed by atoms with Crippen molar-refractivity contribution in [1.29, 1.82) is 0 Å². The zero-order valence-electron chi connectivity index (χ0n) is 9.56. The SMILES string of the molecule is COc1ccc([I-]c2ccc(CO)cc2)cc1. The number of ether oxygens (including phenoxy) is 1. The Bertz CT molecular complexity index is 417. The summed E-state index contributed by atoms with van der Waals surface area (Å²) in [6.45, 7) is 0.112. The molecule has 0 aliphatic carbocycles. The van der Waals surface area contributed by atoms with Gasteiger partial charge >= 0.3 is 112 Å². The first-order valence-electron chi connectivity index (χ1n) is 5.30. The summed E-state index contributed by atoms with van der Waals surface area (Å²) in [6, 6.07) is 16.4. The summed E-state index contributed by atoms with van der Waals surface area (Å²) >= 11 is -0.145. The minimum absolute atomic E-state index is 0.112. The number of hydrogen-bond donors (Lipinski definition) is 1. The minimum atomic E-state index is -0.145. The summed E-state index contributed by atoms with van der Waals surface area (Å²) in [6.07, 6.45) is 0. The summed E-state index contributed by atoms with van der Waals surface area (Å²) in [4.78, 5) is 0. The number of benzene rings is 2. The summed E-state index contributed by atoms with van der Waals surface area (Å²) in [7, 11) is 1.68. The molecule has 17 heavy (non-hydrogen) atoms. The van der Waals surface area contributed by atoms with Crippen molar-refractivity contribution >= 4 is 0 Å². The van der Waals surface area contributed by atoms with E-state index in [1.165, 1.54) is 7.14 Å². The topological polar surface area (TPSA) is 29.5 Å². The standard InChI is InChI=1S/C14H14IO2/c1-17-14-8-6-13(7-9-14)15-12-4-2-11(10-16)3-5-12/h2-9,16H,10H2,1H3/q-1. The van der Waals surface area contributed by atoms with Gasteiger partial charge in [0.1, 0.15) is 0 Å². The number of rotatable bonds is 4. The van der Waals surface area contributed by atoms with Crippen LogP contribution < -0.4 is 25.9 Å². The summed E-state index contributed by atoms with van der Waals surface area (Å²) in [5.74, 6) is 0.897. The first-order valence-corrected chi connectivity index (χ1v) is 7.46. The monoisotopic (exact) mass is 341 g/mol. The third-order valence-electron chi connectivity index (χ3n) is 2.36. The quantitative estimate of drug-likeness (QED) is 0.747. The number of hydrogen-bond acceptors (Lipinski definition) is 2. The van der Waals surface area contributed by atoms with Gasteiger partial charge in [0, 0.05) is 0 Å². The second-order valence-corrected chi connectivity index (χ2v) is 6.57. The summed E-state index contributed by atoms with van der Waals surface area (Å²) in [5, 5.41) is 8.97. The number of methoxy groups -OCH3 is 1. The van der Waals surface area contributed by atoms with Crippen LogP contribution in [0.25, 0.3) is 0 Å². The van der Waals surface area contributed by atoms with E-state index < -0.39 is 0 Å². The maximum absolute atomic E-state index is 8.97. The molecular weight excluding hydrogens is 327 g/mol. The van der Waals surface area contributed by atoms with Gasteiger partial charge < -0.3 is 0 Å². The average molecular weight is 341 g/mol. The van der Waals surface area contributed by atoms with Crippen LogP contribution in [0.15, 0.2) is 48.5 Å². The molecule has 0 spiro atoms. The fraction of sp³-hybridized carbons (Fsp3) is 0.143. The van der Waals surface area contributed by atoms with Gasteiger partial charge in [0.25, 0.3) is 0 Å². The first kappa shape index (κ1) is 12.4. The fourth-order valence-electron chi connectivity index (χ4n) is 1.41. The molecule has 0 saturated heterocycles. The molecule has 0 fully saturated rings. The molecule has 0 aliphatic heterocycles. The molecule has 0 aliphatic rings. The van der Waals surface area contributed by atoms with E-state index in [2.05, 4.69) is 24.3 Å². The molecule has 2 aromatic carbocycles. The molecule has 0 radical (unpaired) electrons. The summed E-state index contributed by atoms with van der Waals surface area (Å²) < 4.78 is 7.85. The number of halogens is 1. The molecule has 0 amide bonds. The maximum atomic E-state index is 8.97. The molecule has 2 nitrogen and oxygen atoms in total. The van der Waals surface area contributed by atoms with Crippen LogP contribution >= 0.6 is 0 Å². The van der Waals surface area contributed by atoms with E-state index in [9.17, 15) is 0 Å². The van der Waals surface area contributed by atoms with Crippen molar-refractivity contribution in [2.75, 3.05) is 7.11 Å². The Hall–Kier alpha value is -1.07. The Kier molecular flexibility index (Phi) is 4.39. The molecule has 3 heteroatoms. The van der Waals surface area contributed by atoms with Crippen molar-refractivity contribution < 1.29 is 31.0 Å². The van der Waals surface area contributed by atoms with Gasteiger partial charge in [-0.25, -0.2) is 0 Å². The van der Waals surface area contributed by atoms with Gasteiger partial charge in [-0.15, -0.1) is 0 Å². The molecule has 0 heterocycles. The van der Waals surface area contributed by atoms with Crippen LogP contribution in [-0.4, -0.2) is 12.2 Å². The average Bonchev–Trinajstić information content (AvgIpc) is 2.40. The molecule has 2 aromatic rings. The van der Waals surface area contributed by atoms with Crippen molar-refractivity contribution in [3.05, 3.63) is 61.2 Å². The normalized spacial score (nSPS) is 10.5. The van der Waals surface area contributed by atoms with Gasteiger partial charge in [0.15, 0.2) is 0 Å². The van der Waals surface area contributed by atoms with E-state index in [0.717, 1.165) is 11.3 Å². The van der Waals surface area contributed by atoms with Crippen molar-refractivity contribution in [3.63, 3.8) is 0 Å². The molecular formula is C14H14IO2-. The van der Waals surface area contributed by atoms with Crippen molar-refractivity contribution in [1.82, 2.24) is 0 Å². The Morgan fingerprint density at radius 3 is 1.94 bits per heavy atom. The van der Waals surface area contributed by atoms with Gasteiger partial charge in [-0.1, -0.05) is 0 Å². The van der Waals surface area contributed by atoms with Crippen LogP contribution in [0, 0.1) is 7.14 Å². The Morgan fingerprint density at radius 1 is 0.941 bits per heavy atom. The summed E-state index contributed by atoms with van der Waals surface area (Å²) in [5.41, 5.74) is 0.965. The molecule has 0 atom stereocenters. The Balaban J connectivity index is 2.08. The van der Waals surface area contributed by atoms with E-state index in [0.29, 0.717) is 0 Å². The third kappa shape index (κ3) is 3.44. The Labute approximate surface area is 112 Å². The second kappa shape index (κ2) is 6.02. The predicted octanol–water partition coefficient (Wildman–Crippen LogP) is -0.684. The van der Waals surface area contributed by atoms with E-state index in [4.69, 9.17) is 9.84 Å². The molecule has 90 valence electrons. The predicted molar refractivity (Wildman–Crippen MR) is 62.8 cm³/mol. The van der Waals surface area contributed by atoms with E-state index in [1.807, 2.05) is 24.3 Å². The van der Waals surface area contributed by atoms with Crippen molar-refractivity contribution in [2.24, 2.45) is 0 Å². The van der Waals surface area contributed by atoms with Crippen LogP contribution in [-0.2, 0) is 6.61 Å². The number of aliphatic hydroxyl groups is 1. The molecule has 0 saturated carbocycles. The van der Waals surface area contributed by atoms with Crippen LogP contribution in [0.4, 0.5) is 0 Å². The van der Waals surface area contributed by atoms with E-state index in [-0.39, 0.29) is 27.8 Å². The van der Waals surface area contributed by atoms with Crippen molar-refractivity contribution in [2.45, 2.75) is 6.61 Å². The van der Waals surface area contributed by atoms with Crippen LogP contribution in [0.2, 0.25) is 0 Å². The Morgan fingerprint density at radius 2 is 1.47 bits per heavy atom. The van der Waals surface area contributed by atoms with Gasteiger partial charge in [-0.05, 0) is 0 Å². The van der Waals surface area contributed by atoms with Crippen LogP contribution in [0.3, 0.4) is 0 Å². The van der Waals surface area contributed by atoms with Crippen LogP contribution in [0.5, 0.6) is 5.75 Å². The zero-order valence-corrected chi connectivity index (χ0v) is 11.7. The fourth-order valence-corrected chi connectivity index (χ4v) is 3.57. The van der Waals surface area contributed by atoms with E-state index >= 15 is 0 Å². The molecule has 2 rings (SSSR count). The van der Waals surface area contributed by atoms with Gasteiger partial charge in [-0.3, -0.25) is 0 Å². The van der Waals surface area contributed by atoms with Gasteiger partial charge in [0.2, 0.25) is 0 Å². The second-order valence-electron chi connectivity index (χ2n) is 3.54. The third-order valence-corrected chi connectivity index (χ3v) is 5.05. The zero-order chi connectivity index (χ0) is 12.1. The van der Waals surface area contributed by atoms with E-state index in [1.54, 1.807) is 7.11 Å². The first-order chi connectivity index (χ1) is 8.31. The van der Waals surface area contributed by atoms with Gasteiger partial charge in [0.05, 0.1) is 0 Å². The van der Waals surface area contributed by atoms with Gasteiger partial charge in [-0.2, -0.15) is 0 Å².